The maximum atomic E-state index is 12.9. The number of rotatable bonds is 5. The molecule has 1 rings (SSSR count). The predicted octanol–water partition coefficient (Wildman–Crippen LogP) is 3.62. The summed E-state index contributed by atoms with van der Waals surface area (Å²) in [4.78, 5) is 0. The number of alkyl halides is 1. The zero-order chi connectivity index (χ0) is 12.2. The van der Waals surface area contributed by atoms with E-state index in [0.29, 0.717) is 12.1 Å². The monoisotopic (exact) mass is 291 g/mol. The van der Waals surface area contributed by atoms with Crippen molar-refractivity contribution < 1.29 is 8.78 Å². The molecule has 4 heteroatoms. The Morgan fingerprint density at radius 1 is 1.19 bits per heavy atom. The Hall–Kier alpha value is -0.480. The van der Waals surface area contributed by atoms with Crippen LogP contribution in [-0.4, -0.2) is 10.9 Å². The smallest absolute Gasteiger partial charge is 0.126 e. The van der Waals surface area contributed by atoms with E-state index in [9.17, 15) is 8.78 Å². The molecule has 1 aromatic rings. The molecule has 0 spiro atoms. The second-order valence-corrected chi connectivity index (χ2v) is 5.25. The summed E-state index contributed by atoms with van der Waals surface area (Å²) in [6.07, 6.45) is 0.949. The second-order valence-electron chi connectivity index (χ2n) is 4.45. The summed E-state index contributed by atoms with van der Waals surface area (Å²) in [7, 11) is 0. The summed E-state index contributed by atoms with van der Waals surface area (Å²) in [5, 5.41) is 4.16. The van der Waals surface area contributed by atoms with Gasteiger partial charge in [-0.2, -0.15) is 0 Å². The number of hydrogen-bond donors (Lipinski definition) is 1. The molecule has 90 valence electrons. The Balaban J connectivity index is 2.60. The van der Waals surface area contributed by atoms with E-state index in [1.165, 1.54) is 12.1 Å². The Bertz CT molecular complexity index is 333. The SMILES string of the molecule is CC(C)(CCBr)NCc1cc(F)cc(F)c1. The fourth-order valence-corrected chi connectivity index (χ4v) is 2.37. The Morgan fingerprint density at radius 2 is 1.75 bits per heavy atom. The highest BCUT2D eigenvalue weighted by atomic mass is 79.9. The van der Waals surface area contributed by atoms with E-state index < -0.39 is 11.6 Å². The molecule has 0 atom stereocenters. The molecule has 0 aromatic heterocycles. The summed E-state index contributed by atoms with van der Waals surface area (Å²) in [5.74, 6) is -1.06. The number of hydrogen-bond acceptors (Lipinski definition) is 1. The molecule has 0 bridgehead atoms. The molecule has 0 unspecified atom stereocenters. The average molecular weight is 292 g/mol. The van der Waals surface area contributed by atoms with E-state index in [4.69, 9.17) is 0 Å². The van der Waals surface area contributed by atoms with Gasteiger partial charge in [-0.05, 0) is 38.0 Å². The molecule has 1 nitrogen and oxygen atoms in total. The molecule has 0 aliphatic rings. The third-order valence-corrected chi connectivity index (χ3v) is 2.81. The van der Waals surface area contributed by atoms with Gasteiger partial charge in [-0.25, -0.2) is 8.78 Å². The van der Waals surface area contributed by atoms with Crippen molar-refractivity contribution in [2.24, 2.45) is 0 Å². The minimum absolute atomic E-state index is 0.0493. The van der Waals surface area contributed by atoms with Crippen LogP contribution in [0.3, 0.4) is 0 Å². The molecular formula is C12H16BrF2N. The first-order valence-corrected chi connectivity index (χ1v) is 6.31. The van der Waals surface area contributed by atoms with Crippen molar-refractivity contribution in [3.8, 4) is 0 Å². The molecule has 0 aliphatic heterocycles. The van der Waals surface area contributed by atoms with Crippen molar-refractivity contribution in [3.63, 3.8) is 0 Å². The minimum atomic E-state index is -0.532. The van der Waals surface area contributed by atoms with Crippen molar-refractivity contribution in [2.45, 2.75) is 32.4 Å². The van der Waals surface area contributed by atoms with Gasteiger partial charge in [0.2, 0.25) is 0 Å². The molecule has 1 N–H and O–H groups in total. The van der Waals surface area contributed by atoms with Gasteiger partial charge in [-0.15, -0.1) is 0 Å². The maximum absolute atomic E-state index is 12.9. The molecule has 0 heterocycles. The number of benzene rings is 1. The molecular weight excluding hydrogens is 276 g/mol. The number of halogens is 3. The lowest BCUT2D eigenvalue weighted by molar-refractivity contribution is 0.377. The van der Waals surface area contributed by atoms with E-state index in [0.717, 1.165) is 17.8 Å². The van der Waals surface area contributed by atoms with Gasteiger partial charge in [0.25, 0.3) is 0 Å². The van der Waals surface area contributed by atoms with Crippen LogP contribution >= 0.6 is 15.9 Å². The summed E-state index contributed by atoms with van der Waals surface area (Å²) >= 11 is 3.37. The van der Waals surface area contributed by atoms with Crippen LogP contribution in [0, 0.1) is 11.6 Å². The Labute approximate surface area is 103 Å². The normalized spacial score (nSPS) is 11.8. The first-order valence-electron chi connectivity index (χ1n) is 5.19. The van der Waals surface area contributed by atoms with Gasteiger partial charge in [0.1, 0.15) is 11.6 Å². The van der Waals surface area contributed by atoms with Crippen LogP contribution in [-0.2, 0) is 6.54 Å². The minimum Gasteiger partial charge on any atom is -0.308 e. The van der Waals surface area contributed by atoms with Crippen LogP contribution in [0.5, 0.6) is 0 Å². The highest BCUT2D eigenvalue weighted by Gasteiger charge is 2.15. The highest BCUT2D eigenvalue weighted by Crippen LogP contribution is 2.13. The largest absolute Gasteiger partial charge is 0.308 e. The van der Waals surface area contributed by atoms with Gasteiger partial charge in [0, 0.05) is 23.5 Å². The lowest BCUT2D eigenvalue weighted by Crippen LogP contribution is -2.39. The van der Waals surface area contributed by atoms with Crippen LogP contribution < -0.4 is 5.32 Å². The third kappa shape index (κ3) is 4.58. The summed E-state index contributed by atoms with van der Waals surface area (Å²) in [5.41, 5.74) is 0.576. The van der Waals surface area contributed by atoms with Crippen LogP contribution in [0.1, 0.15) is 25.8 Å². The van der Waals surface area contributed by atoms with Crippen LogP contribution in [0.2, 0.25) is 0 Å². The van der Waals surface area contributed by atoms with E-state index in [1.807, 2.05) is 0 Å². The maximum Gasteiger partial charge on any atom is 0.126 e. The van der Waals surface area contributed by atoms with Gasteiger partial charge >= 0.3 is 0 Å². The first-order chi connectivity index (χ1) is 7.43. The van der Waals surface area contributed by atoms with Crippen molar-refractivity contribution in [3.05, 3.63) is 35.4 Å². The van der Waals surface area contributed by atoms with Crippen molar-refractivity contribution in [1.82, 2.24) is 5.32 Å². The van der Waals surface area contributed by atoms with E-state index in [1.54, 1.807) is 0 Å². The van der Waals surface area contributed by atoms with Crippen molar-refractivity contribution >= 4 is 15.9 Å². The molecule has 0 saturated heterocycles. The molecule has 1 aromatic carbocycles. The summed E-state index contributed by atoms with van der Waals surface area (Å²) in [6.45, 7) is 4.59. The molecule has 0 fully saturated rings. The predicted molar refractivity (Wildman–Crippen MR) is 65.7 cm³/mol. The van der Waals surface area contributed by atoms with Gasteiger partial charge in [0.15, 0.2) is 0 Å². The van der Waals surface area contributed by atoms with Crippen LogP contribution in [0.15, 0.2) is 18.2 Å². The molecule has 0 aliphatic carbocycles. The molecule has 0 radical (unpaired) electrons. The first kappa shape index (κ1) is 13.6. The van der Waals surface area contributed by atoms with Crippen LogP contribution in [0.4, 0.5) is 8.78 Å². The fourth-order valence-electron chi connectivity index (χ4n) is 1.38. The highest BCUT2D eigenvalue weighted by molar-refractivity contribution is 9.09. The van der Waals surface area contributed by atoms with Crippen molar-refractivity contribution in [2.75, 3.05) is 5.33 Å². The van der Waals surface area contributed by atoms with Crippen LogP contribution in [0.25, 0.3) is 0 Å². The van der Waals surface area contributed by atoms with E-state index in [-0.39, 0.29) is 5.54 Å². The summed E-state index contributed by atoms with van der Waals surface area (Å²) < 4.78 is 25.8. The molecule has 16 heavy (non-hydrogen) atoms. The topological polar surface area (TPSA) is 12.0 Å². The second kappa shape index (κ2) is 5.73. The van der Waals surface area contributed by atoms with E-state index in [2.05, 4.69) is 35.1 Å². The zero-order valence-electron chi connectivity index (χ0n) is 9.49. The van der Waals surface area contributed by atoms with Gasteiger partial charge in [-0.1, -0.05) is 15.9 Å². The Morgan fingerprint density at radius 3 is 2.25 bits per heavy atom. The number of nitrogens with one attached hydrogen (secondary N) is 1. The zero-order valence-corrected chi connectivity index (χ0v) is 11.1. The van der Waals surface area contributed by atoms with Gasteiger partial charge in [-0.3, -0.25) is 0 Å². The lowest BCUT2D eigenvalue weighted by atomic mass is 10.0. The van der Waals surface area contributed by atoms with Gasteiger partial charge < -0.3 is 5.32 Å². The third-order valence-electron chi connectivity index (χ3n) is 2.41. The van der Waals surface area contributed by atoms with Crippen molar-refractivity contribution in [1.29, 1.82) is 0 Å². The average Bonchev–Trinajstić information content (AvgIpc) is 2.13. The Kier molecular flexibility index (Phi) is 4.87. The summed E-state index contributed by atoms with van der Waals surface area (Å²) in [6, 6.07) is 3.58. The van der Waals surface area contributed by atoms with Gasteiger partial charge in [0.05, 0.1) is 0 Å². The van der Waals surface area contributed by atoms with E-state index >= 15 is 0 Å². The molecule has 0 saturated carbocycles. The standard InChI is InChI=1S/C12H16BrF2N/c1-12(2,3-4-13)16-8-9-5-10(14)7-11(15)6-9/h5-7,16H,3-4,8H2,1-2H3. The molecule has 0 amide bonds. The quantitative estimate of drug-likeness (QED) is 0.817. The lowest BCUT2D eigenvalue weighted by Gasteiger charge is -2.25. The fraction of sp³-hybridized carbons (Fsp3) is 0.500.